The molecule has 1 heterocycles. The molecule has 20 heavy (non-hydrogen) atoms. The summed E-state index contributed by atoms with van der Waals surface area (Å²) in [6, 6.07) is 8.50. The molecule has 0 radical (unpaired) electrons. The van der Waals surface area contributed by atoms with Crippen molar-refractivity contribution in [2.45, 2.75) is 40.3 Å². The van der Waals surface area contributed by atoms with Crippen molar-refractivity contribution in [2.24, 2.45) is 0 Å². The third kappa shape index (κ3) is 3.44. The van der Waals surface area contributed by atoms with E-state index in [9.17, 15) is 0 Å². The summed E-state index contributed by atoms with van der Waals surface area (Å²) in [7, 11) is 0. The van der Waals surface area contributed by atoms with Crippen LogP contribution in [-0.4, -0.2) is 16.0 Å². The van der Waals surface area contributed by atoms with Gasteiger partial charge in [0.25, 0.3) is 0 Å². The highest BCUT2D eigenvalue weighted by atomic mass is 79.9. The number of halogens is 1. The minimum absolute atomic E-state index is 0.455. The molecule has 0 aliphatic rings. The van der Waals surface area contributed by atoms with Gasteiger partial charge in [0.15, 0.2) is 5.82 Å². The summed E-state index contributed by atoms with van der Waals surface area (Å²) < 4.78 is 1.02. The number of benzene rings is 1. The highest BCUT2D eigenvalue weighted by molar-refractivity contribution is 9.10. The molecule has 106 valence electrons. The third-order valence-electron chi connectivity index (χ3n) is 3.22. The maximum Gasteiger partial charge on any atom is 0.160 e. The Labute approximate surface area is 129 Å². The van der Waals surface area contributed by atoms with Gasteiger partial charge < -0.3 is 5.32 Å². The minimum Gasteiger partial charge on any atom is -0.310 e. The molecule has 0 bridgehead atoms. The SMILES string of the molecule is Cc1nc(-c2ccccc2Br)nc(C)c1CNC(C)C. The van der Waals surface area contributed by atoms with Gasteiger partial charge in [0, 0.05) is 39.6 Å². The quantitative estimate of drug-likeness (QED) is 0.918. The molecule has 2 rings (SSSR count). The van der Waals surface area contributed by atoms with E-state index in [4.69, 9.17) is 0 Å². The van der Waals surface area contributed by atoms with E-state index in [1.807, 2.05) is 38.1 Å². The first-order chi connectivity index (χ1) is 9.49. The third-order valence-corrected chi connectivity index (χ3v) is 3.91. The molecule has 4 heteroatoms. The van der Waals surface area contributed by atoms with Gasteiger partial charge in [-0.1, -0.05) is 48.0 Å². The van der Waals surface area contributed by atoms with Crippen molar-refractivity contribution in [3.8, 4) is 11.4 Å². The van der Waals surface area contributed by atoms with Crippen molar-refractivity contribution in [2.75, 3.05) is 0 Å². The lowest BCUT2D eigenvalue weighted by Crippen LogP contribution is -2.23. The molecular weight excluding hydrogens is 314 g/mol. The lowest BCUT2D eigenvalue weighted by atomic mass is 10.1. The predicted octanol–water partition coefficient (Wildman–Crippen LogP) is 4.02. The van der Waals surface area contributed by atoms with E-state index < -0.39 is 0 Å². The lowest BCUT2D eigenvalue weighted by Gasteiger charge is -2.14. The van der Waals surface area contributed by atoms with E-state index in [2.05, 4.69) is 45.1 Å². The van der Waals surface area contributed by atoms with Crippen molar-refractivity contribution in [3.63, 3.8) is 0 Å². The number of hydrogen-bond donors (Lipinski definition) is 1. The average molecular weight is 334 g/mol. The molecule has 0 aliphatic carbocycles. The largest absolute Gasteiger partial charge is 0.310 e. The Hall–Kier alpha value is -1.26. The Bertz CT molecular complexity index is 585. The van der Waals surface area contributed by atoms with Gasteiger partial charge in [-0.15, -0.1) is 0 Å². The Morgan fingerprint density at radius 2 is 1.70 bits per heavy atom. The zero-order valence-electron chi connectivity index (χ0n) is 12.4. The van der Waals surface area contributed by atoms with Gasteiger partial charge in [-0.2, -0.15) is 0 Å². The fourth-order valence-electron chi connectivity index (χ4n) is 2.06. The van der Waals surface area contributed by atoms with Gasteiger partial charge in [-0.3, -0.25) is 0 Å². The van der Waals surface area contributed by atoms with Crippen LogP contribution >= 0.6 is 15.9 Å². The average Bonchev–Trinajstić information content (AvgIpc) is 2.37. The fraction of sp³-hybridized carbons (Fsp3) is 0.375. The summed E-state index contributed by atoms with van der Waals surface area (Å²) in [5, 5.41) is 3.42. The van der Waals surface area contributed by atoms with E-state index >= 15 is 0 Å². The van der Waals surface area contributed by atoms with Crippen LogP contribution in [-0.2, 0) is 6.54 Å². The highest BCUT2D eigenvalue weighted by Gasteiger charge is 2.11. The fourth-order valence-corrected chi connectivity index (χ4v) is 2.53. The van der Waals surface area contributed by atoms with E-state index in [1.165, 1.54) is 5.56 Å². The molecule has 1 aromatic carbocycles. The van der Waals surface area contributed by atoms with Crippen LogP contribution in [0.15, 0.2) is 28.7 Å². The molecule has 0 saturated carbocycles. The van der Waals surface area contributed by atoms with Crippen LogP contribution in [0.3, 0.4) is 0 Å². The number of nitrogens with one attached hydrogen (secondary N) is 1. The second kappa shape index (κ2) is 6.46. The summed E-state index contributed by atoms with van der Waals surface area (Å²) in [6.45, 7) is 9.19. The standard InChI is InChI=1S/C16H20BrN3/c1-10(2)18-9-14-11(3)19-16(20-12(14)4)13-7-5-6-8-15(13)17/h5-8,10,18H,9H2,1-4H3. The molecule has 1 N–H and O–H groups in total. The molecule has 0 saturated heterocycles. The smallest absolute Gasteiger partial charge is 0.160 e. The second-order valence-corrected chi connectivity index (χ2v) is 6.07. The van der Waals surface area contributed by atoms with Gasteiger partial charge in [-0.25, -0.2) is 9.97 Å². The second-order valence-electron chi connectivity index (χ2n) is 5.21. The molecule has 0 unspecified atom stereocenters. The van der Waals surface area contributed by atoms with Crippen LogP contribution < -0.4 is 5.32 Å². The molecular formula is C16H20BrN3. The zero-order chi connectivity index (χ0) is 14.7. The van der Waals surface area contributed by atoms with Crippen LogP contribution in [0.1, 0.15) is 30.8 Å². The van der Waals surface area contributed by atoms with Gasteiger partial charge >= 0.3 is 0 Å². The first-order valence-corrected chi connectivity index (χ1v) is 7.60. The monoisotopic (exact) mass is 333 g/mol. The highest BCUT2D eigenvalue weighted by Crippen LogP contribution is 2.26. The molecule has 0 aliphatic heterocycles. The Morgan fingerprint density at radius 1 is 1.10 bits per heavy atom. The van der Waals surface area contributed by atoms with E-state index in [0.29, 0.717) is 6.04 Å². The lowest BCUT2D eigenvalue weighted by molar-refractivity contribution is 0.583. The normalized spacial score (nSPS) is 11.1. The maximum absolute atomic E-state index is 4.66. The van der Waals surface area contributed by atoms with Crippen LogP contribution in [0.25, 0.3) is 11.4 Å². The molecule has 0 amide bonds. The van der Waals surface area contributed by atoms with Crippen molar-refractivity contribution in [1.82, 2.24) is 15.3 Å². The summed E-state index contributed by atoms with van der Waals surface area (Å²) in [5.74, 6) is 0.778. The molecule has 0 spiro atoms. The van der Waals surface area contributed by atoms with Gasteiger partial charge in [0.1, 0.15) is 0 Å². The predicted molar refractivity (Wildman–Crippen MR) is 86.6 cm³/mol. The van der Waals surface area contributed by atoms with Crippen LogP contribution in [0.2, 0.25) is 0 Å². The first-order valence-electron chi connectivity index (χ1n) is 6.81. The van der Waals surface area contributed by atoms with Crippen molar-refractivity contribution in [1.29, 1.82) is 0 Å². The minimum atomic E-state index is 0.455. The number of nitrogens with zero attached hydrogens (tertiary/aromatic N) is 2. The van der Waals surface area contributed by atoms with Gasteiger partial charge in [0.05, 0.1) is 0 Å². The number of hydrogen-bond acceptors (Lipinski definition) is 3. The zero-order valence-corrected chi connectivity index (χ0v) is 14.0. The molecule has 2 aromatic rings. The summed E-state index contributed by atoms with van der Waals surface area (Å²) in [6.07, 6.45) is 0. The van der Waals surface area contributed by atoms with Crippen LogP contribution in [0.4, 0.5) is 0 Å². The number of rotatable bonds is 4. The Kier molecular flexibility index (Phi) is 4.89. The van der Waals surface area contributed by atoms with E-state index in [0.717, 1.165) is 33.8 Å². The van der Waals surface area contributed by atoms with Gasteiger partial charge in [0.2, 0.25) is 0 Å². The summed E-state index contributed by atoms with van der Waals surface area (Å²) in [4.78, 5) is 9.32. The Morgan fingerprint density at radius 3 is 2.25 bits per heavy atom. The first kappa shape index (κ1) is 15.1. The molecule has 0 fully saturated rings. The number of aromatic nitrogens is 2. The van der Waals surface area contributed by atoms with E-state index in [-0.39, 0.29) is 0 Å². The molecule has 3 nitrogen and oxygen atoms in total. The number of aryl methyl sites for hydroxylation is 2. The van der Waals surface area contributed by atoms with Crippen molar-refractivity contribution < 1.29 is 0 Å². The van der Waals surface area contributed by atoms with E-state index in [1.54, 1.807) is 0 Å². The van der Waals surface area contributed by atoms with Crippen LogP contribution in [0.5, 0.6) is 0 Å². The summed E-state index contributed by atoms with van der Waals surface area (Å²) in [5.41, 5.74) is 4.30. The van der Waals surface area contributed by atoms with Crippen molar-refractivity contribution >= 4 is 15.9 Å². The van der Waals surface area contributed by atoms with Crippen LogP contribution in [0, 0.1) is 13.8 Å². The summed E-state index contributed by atoms with van der Waals surface area (Å²) >= 11 is 3.56. The molecule has 1 aromatic heterocycles. The van der Waals surface area contributed by atoms with Gasteiger partial charge in [-0.05, 0) is 19.9 Å². The Balaban J connectivity index is 2.38. The van der Waals surface area contributed by atoms with Crippen molar-refractivity contribution in [3.05, 3.63) is 45.7 Å². The maximum atomic E-state index is 4.66. The topological polar surface area (TPSA) is 37.8 Å². The molecule has 0 atom stereocenters.